The number of rotatable bonds is 9. The Morgan fingerprint density at radius 2 is 1.53 bits per heavy atom. The highest BCUT2D eigenvalue weighted by Crippen LogP contribution is 2.51. The molecule has 0 aliphatic carbocycles. The van der Waals surface area contributed by atoms with Crippen LogP contribution in [0, 0.1) is 0 Å². The van der Waals surface area contributed by atoms with Crippen molar-refractivity contribution in [3.63, 3.8) is 0 Å². The van der Waals surface area contributed by atoms with Crippen molar-refractivity contribution < 1.29 is 23.7 Å². The van der Waals surface area contributed by atoms with Gasteiger partial charge in [-0.15, -0.1) is 0 Å². The van der Waals surface area contributed by atoms with E-state index in [4.69, 9.17) is 30.5 Å². The Labute approximate surface area is 210 Å². The number of ether oxygens (including phenoxy) is 4. The molecular formula is C27H29ClO5S. The van der Waals surface area contributed by atoms with E-state index in [2.05, 4.69) is 6.08 Å². The second kappa shape index (κ2) is 11.5. The van der Waals surface area contributed by atoms with Gasteiger partial charge < -0.3 is 18.9 Å². The van der Waals surface area contributed by atoms with Gasteiger partial charge in [0.1, 0.15) is 23.0 Å². The van der Waals surface area contributed by atoms with E-state index in [1.165, 1.54) is 11.8 Å². The highest BCUT2D eigenvalue weighted by molar-refractivity contribution is 8.14. The standard InChI is InChI=1S/C27H29ClO5S/c1-16(2)11-14-23(34-27(29)17-9-7-8-10-19(17)28)18-15-22(32-5)24-20(30-3)12-13-21(31-4)25(24)26(18)33-6/h7-13,15,23H,14H2,1-6H3. The highest BCUT2D eigenvalue weighted by atomic mass is 35.5. The zero-order chi connectivity index (χ0) is 24.8. The summed E-state index contributed by atoms with van der Waals surface area (Å²) in [7, 11) is 6.44. The quantitative estimate of drug-likeness (QED) is 0.283. The zero-order valence-corrected chi connectivity index (χ0v) is 21.8. The van der Waals surface area contributed by atoms with Gasteiger partial charge >= 0.3 is 0 Å². The number of carbonyl (C=O) groups is 1. The maximum atomic E-state index is 13.3. The predicted octanol–water partition coefficient (Wildman–Crippen LogP) is 7.50. The normalized spacial score (nSPS) is 11.6. The number of hydrogen-bond donors (Lipinski definition) is 0. The van der Waals surface area contributed by atoms with Crippen molar-refractivity contribution in [3.05, 3.63) is 70.3 Å². The molecule has 0 aromatic heterocycles. The minimum Gasteiger partial charge on any atom is -0.496 e. The van der Waals surface area contributed by atoms with E-state index in [9.17, 15) is 4.79 Å². The van der Waals surface area contributed by atoms with Gasteiger partial charge in [-0.05, 0) is 50.6 Å². The molecule has 7 heteroatoms. The first-order chi connectivity index (χ1) is 16.4. The molecule has 0 aliphatic rings. The molecule has 0 fully saturated rings. The van der Waals surface area contributed by atoms with Crippen LogP contribution in [0.3, 0.4) is 0 Å². The van der Waals surface area contributed by atoms with E-state index in [1.807, 2.05) is 38.1 Å². The summed E-state index contributed by atoms with van der Waals surface area (Å²) in [6, 6.07) is 12.7. The summed E-state index contributed by atoms with van der Waals surface area (Å²) in [5.74, 6) is 2.47. The fraction of sp³-hybridized carbons (Fsp3) is 0.296. The molecule has 5 nitrogen and oxygen atoms in total. The third-order valence-electron chi connectivity index (χ3n) is 5.45. The van der Waals surface area contributed by atoms with Crippen LogP contribution in [0.2, 0.25) is 5.02 Å². The maximum absolute atomic E-state index is 13.3. The Morgan fingerprint density at radius 3 is 2.09 bits per heavy atom. The molecule has 3 aromatic carbocycles. The lowest BCUT2D eigenvalue weighted by atomic mass is 9.98. The van der Waals surface area contributed by atoms with Gasteiger partial charge in [0, 0.05) is 16.4 Å². The van der Waals surface area contributed by atoms with Crippen LogP contribution in [-0.4, -0.2) is 33.6 Å². The maximum Gasteiger partial charge on any atom is 0.221 e. The molecule has 0 spiro atoms. The van der Waals surface area contributed by atoms with Crippen LogP contribution in [0.4, 0.5) is 0 Å². The number of allylic oxidation sites excluding steroid dienone is 2. The molecule has 0 heterocycles. The van der Waals surface area contributed by atoms with Gasteiger partial charge in [-0.2, -0.15) is 0 Å². The molecule has 0 saturated heterocycles. The summed E-state index contributed by atoms with van der Waals surface area (Å²) in [6.07, 6.45) is 2.72. The summed E-state index contributed by atoms with van der Waals surface area (Å²) in [6.45, 7) is 4.06. The minimum absolute atomic E-state index is 0.114. The van der Waals surface area contributed by atoms with Crippen LogP contribution < -0.4 is 18.9 Å². The Morgan fingerprint density at radius 1 is 0.912 bits per heavy atom. The lowest BCUT2D eigenvalue weighted by Gasteiger charge is -2.23. The molecule has 0 saturated carbocycles. The third-order valence-corrected chi connectivity index (χ3v) is 6.94. The first-order valence-electron chi connectivity index (χ1n) is 10.7. The largest absolute Gasteiger partial charge is 0.496 e. The summed E-state index contributed by atoms with van der Waals surface area (Å²) in [5.41, 5.74) is 2.45. The molecule has 1 atom stereocenters. The SMILES string of the molecule is COc1ccc(OC)c2c(OC)c(C(CC=C(C)C)SC(=O)c3ccccc3Cl)cc(OC)c12. The minimum atomic E-state index is -0.261. The number of methoxy groups -OCH3 is 4. The van der Waals surface area contributed by atoms with Crippen molar-refractivity contribution in [2.45, 2.75) is 25.5 Å². The third kappa shape index (κ3) is 5.29. The number of carbonyl (C=O) groups excluding carboxylic acids is 1. The lowest BCUT2D eigenvalue weighted by Crippen LogP contribution is -2.05. The molecule has 180 valence electrons. The molecule has 0 N–H and O–H groups in total. The van der Waals surface area contributed by atoms with Crippen LogP contribution >= 0.6 is 23.4 Å². The second-order valence-electron chi connectivity index (χ2n) is 7.81. The van der Waals surface area contributed by atoms with Crippen molar-refractivity contribution in [1.82, 2.24) is 0 Å². The van der Waals surface area contributed by atoms with Gasteiger partial charge in [0.2, 0.25) is 5.12 Å². The topological polar surface area (TPSA) is 54.0 Å². The molecule has 0 amide bonds. The highest BCUT2D eigenvalue weighted by Gasteiger charge is 2.27. The van der Waals surface area contributed by atoms with Crippen LogP contribution in [-0.2, 0) is 0 Å². The lowest BCUT2D eigenvalue weighted by molar-refractivity contribution is 0.108. The molecule has 34 heavy (non-hydrogen) atoms. The van der Waals surface area contributed by atoms with Gasteiger partial charge in [-0.1, -0.05) is 47.1 Å². The van der Waals surface area contributed by atoms with Crippen LogP contribution in [0.25, 0.3) is 10.8 Å². The number of hydrogen-bond acceptors (Lipinski definition) is 6. The average molecular weight is 501 g/mol. The van der Waals surface area contributed by atoms with Gasteiger partial charge in [-0.25, -0.2) is 0 Å². The first kappa shape index (κ1) is 25.8. The molecule has 3 rings (SSSR count). The fourth-order valence-corrected chi connectivity index (χ4v) is 5.15. The molecule has 0 radical (unpaired) electrons. The smallest absolute Gasteiger partial charge is 0.221 e. The molecule has 0 aliphatic heterocycles. The van der Waals surface area contributed by atoms with Crippen molar-refractivity contribution in [2.75, 3.05) is 28.4 Å². The van der Waals surface area contributed by atoms with Gasteiger partial charge in [0.05, 0.1) is 44.2 Å². The van der Waals surface area contributed by atoms with Crippen LogP contribution in [0.1, 0.15) is 41.4 Å². The van der Waals surface area contributed by atoms with Crippen molar-refractivity contribution in [1.29, 1.82) is 0 Å². The number of halogens is 1. The van der Waals surface area contributed by atoms with Crippen molar-refractivity contribution in [2.24, 2.45) is 0 Å². The Bertz CT molecular complexity index is 1220. The van der Waals surface area contributed by atoms with E-state index in [0.29, 0.717) is 40.0 Å². The molecule has 1 unspecified atom stereocenters. The number of thioether (sulfide) groups is 1. The fourth-order valence-electron chi connectivity index (χ4n) is 3.82. The molecule has 0 bridgehead atoms. The van der Waals surface area contributed by atoms with Crippen LogP contribution in [0.5, 0.6) is 23.0 Å². The molecule has 3 aromatic rings. The zero-order valence-electron chi connectivity index (χ0n) is 20.2. The number of benzene rings is 3. The second-order valence-corrected chi connectivity index (χ2v) is 9.40. The predicted molar refractivity (Wildman–Crippen MR) is 140 cm³/mol. The van der Waals surface area contributed by atoms with Gasteiger partial charge in [0.25, 0.3) is 0 Å². The van der Waals surface area contributed by atoms with Gasteiger partial charge in [0.15, 0.2) is 0 Å². The monoisotopic (exact) mass is 500 g/mol. The van der Waals surface area contributed by atoms with E-state index >= 15 is 0 Å². The average Bonchev–Trinajstić information content (AvgIpc) is 2.84. The Hall–Kier alpha value is -2.83. The van der Waals surface area contributed by atoms with E-state index in [-0.39, 0.29) is 10.4 Å². The van der Waals surface area contributed by atoms with Crippen LogP contribution in [0.15, 0.2) is 54.1 Å². The van der Waals surface area contributed by atoms with Crippen molar-refractivity contribution >= 4 is 39.3 Å². The van der Waals surface area contributed by atoms with Crippen molar-refractivity contribution in [3.8, 4) is 23.0 Å². The Kier molecular flexibility index (Phi) is 8.75. The summed E-state index contributed by atoms with van der Waals surface area (Å²) in [5, 5.41) is 1.52. The Balaban J connectivity index is 2.26. The first-order valence-corrected chi connectivity index (χ1v) is 12.0. The molecular weight excluding hydrogens is 472 g/mol. The van der Waals surface area contributed by atoms with Gasteiger partial charge in [-0.3, -0.25) is 4.79 Å². The van der Waals surface area contributed by atoms with E-state index in [1.54, 1.807) is 46.6 Å². The number of fused-ring (bicyclic) bond motifs is 1. The van der Waals surface area contributed by atoms with E-state index in [0.717, 1.165) is 21.9 Å². The summed E-state index contributed by atoms with van der Waals surface area (Å²) >= 11 is 7.52. The summed E-state index contributed by atoms with van der Waals surface area (Å²) < 4.78 is 23.0. The van der Waals surface area contributed by atoms with E-state index < -0.39 is 0 Å². The summed E-state index contributed by atoms with van der Waals surface area (Å²) in [4.78, 5) is 13.3.